The summed E-state index contributed by atoms with van der Waals surface area (Å²) in [7, 11) is 0. The number of nitrogens with one attached hydrogen (secondary N) is 1. The van der Waals surface area contributed by atoms with Crippen LogP contribution in [0.25, 0.3) is 0 Å². The third-order valence-electron chi connectivity index (χ3n) is 4.69. The third kappa shape index (κ3) is 4.10. The van der Waals surface area contributed by atoms with Crippen LogP contribution in [0, 0.1) is 11.7 Å². The molecule has 0 aromatic heterocycles. The first-order chi connectivity index (χ1) is 12.6. The summed E-state index contributed by atoms with van der Waals surface area (Å²) in [6, 6.07) is 14.0. The van der Waals surface area contributed by atoms with Gasteiger partial charge < -0.3 is 10.2 Å². The van der Waals surface area contributed by atoms with Gasteiger partial charge in [-0.3, -0.25) is 9.59 Å². The van der Waals surface area contributed by atoms with E-state index in [9.17, 15) is 14.0 Å². The molecule has 2 amide bonds. The number of halogens is 1. The number of nitrogens with zero attached hydrogens (tertiary/aromatic N) is 1. The number of unbranched alkanes of at least 4 members (excludes halogenated alkanes) is 1. The molecule has 1 aliphatic rings. The first-order valence-electron chi connectivity index (χ1n) is 9.03. The third-order valence-corrected chi connectivity index (χ3v) is 4.69. The SMILES string of the molecule is CCCCc1ccc(N2C[C@H](C(=O)Nc3ccccc3F)CC2=O)cc1. The van der Waals surface area contributed by atoms with Crippen molar-refractivity contribution in [2.45, 2.75) is 32.6 Å². The van der Waals surface area contributed by atoms with Gasteiger partial charge in [0.05, 0.1) is 11.6 Å². The Morgan fingerprint density at radius 1 is 1.19 bits per heavy atom. The highest BCUT2D eigenvalue weighted by Gasteiger charge is 2.35. The summed E-state index contributed by atoms with van der Waals surface area (Å²) in [5, 5.41) is 2.58. The molecule has 1 atom stereocenters. The van der Waals surface area contributed by atoms with E-state index in [1.54, 1.807) is 17.0 Å². The van der Waals surface area contributed by atoms with E-state index >= 15 is 0 Å². The van der Waals surface area contributed by atoms with Crippen molar-refractivity contribution in [1.29, 1.82) is 0 Å². The number of benzene rings is 2. The Kier molecular flexibility index (Phi) is 5.66. The van der Waals surface area contributed by atoms with Crippen molar-refractivity contribution >= 4 is 23.2 Å². The average molecular weight is 354 g/mol. The van der Waals surface area contributed by atoms with Gasteiger partial charge in [0.2, 0.25) is 11.8 Å². The molecule has 0 radical (unpaired) electrons. The molecule has 5 heteroatoms. The lowest BCUT2D eigenvalue weighted by Gasteiger charge is -2.17. The Morgan fingerprint density at radius 2 is 1.92 bits per heavy atom. The summed E-state index contributed by atoms with van der Waals surface area (Å²) in [6.07, 6.45) is 3.45. The van der Waals surface area contributed by atoms with Gasteiger partial charge in [-0.15, -0.1) is 0 Å². The molecule has 0 unspecified atom stereocenters. The zero-order valence-corrected chi connectivity index (χ0v) is 14.9. The summed E-state index contributed by atoms with van der Waals surface area (Å²) in [4.78, 5) is 26.4. The fourth-order valence-corrected chi connectivity index (χ4v) is 3.15. The number of carbonyl (C=O) groups is 2. The van der Waals surface area contributed by atoms with E-state index in [4.69, 9.17) is 0 Å². The van der Waals surface area contributed by atoms with Crippen molar-refractivity contribution in [3.8, 4) is 0 Å². The molecule has 26 heavy (non-hydrogen) atoms. The van der Waals surface area contributed by atoms with E-state index < -0.39 is 11.7 Å². The van der Waals surface area contributed by atoms with Gasteiger partial charge in [-0.25, -0.2) is 4.39 Å². The molecule has 1 fully saturated rings. The second-order valence-corrected chi connectivity index (χ2v) is 6.64. The molecule has 0 spiro atoms. The second-order valence-electron chi connectivity index (χ2n) is 6.64. The van der Waals surface area contributed by atoms with Gasteiger partial charge >= 0.3 is 0 Å². The molecular formula is C21H23FN2O2. The Balaban J connectivity index is 1.64. The lowest BCUT2D eigenvalue weighted by molar-refractivity contribution is -0.122. The monoisotopic (exact) mass is 354 g/mol. The smallest absolute Gasteiger partial charge is 0.229 e. The average Bonchev–Trinajstić information content (AvgIpc) is 3.04. The molecule has 1 heterocycles. The molecule has 3 rings (SSSR count). The fraction of sp³-hybridized carbons (Fsp3) is 0.333. The molecule has 0 bridgehead atoms. The topological polar surface area (TPSA) is 49.4 Å². The number of amides is 2. The summed E-state index contributed by atoms with van der Waals surface area (Å²) in [5.74, 6) is -1.38. The highest BCUT2D eigenvalue weighted by molar-refractivity contribution is 6.03. The van der Waals surface area contributed by atoms with Crippen LogP contribution in [0.15, 0.2) is 48.5 Å². The minimum atomic E-state index is -0.484. The van der Waals surface area contributed by atoms with Crippen LogP contribution >= 0.6 is 0 Å². The maximum absolute atomic E-state index is 13.7. The first kappa shape index (κ1) is 18.1. The molecule has 1 saturated heterocycles. The van der Waals surface area contributed by atoms with E-state index in [-0.39, 0.29) is 23.9 Å². The fourth-order valence-electron chi connectivity index (χ4n) is 3.15. The number of carbonyl (C=O) groups excluding carboxylic acids is 2. The lowest BCUT2D eigenvalue weighted by Crippen LogP contribution is -2.28. The highest BCUT2D eigenvalue weighted by atomic mass is 19.1. The maximum atomic E-state index is 13.7. The van der Waals surface area contributed by atoms with Gasteiger partial charge in [-0.05, 0) is 42.7 Å². The number of rotatable bonds is 6. The number of hydrogen-bond donors (Lipinski definition) is 1. The Morgan fingerprint density at radius 3 is 2.62 bits per heavy atom. The van der Waals surface area contributed by atoms with Crippen LogP contribution in [0.2, 0.25) is 0 Å². The molecule has 136 valence electrons. The number of para-hydroxylation sites is 1. The standard InChI is InChI=1S/C21H23FN2O2/c1-2-3-6-15-9-11-17(12-10-15)24-14-16(13-20(24)25)21(26)23-19-8-5-4-7-18(19)22/h4-5,7-12,16H,2-3,6,13-14H2,1H3,(H,23,26)/t16-/m1/s1. The lowest BCUT2D eigenvalue weighted by atomic mass is 10.1. The van der Waals surface area contributed by atoms with Crippen LogP contribution in [-0.4, -0.2) is 18.4 Å². The van der Waals surface area contributed by atoms with Crippen LogP contribution in [-0.2, 0) is 16.0 Å². The summed E-state index contributed by atoms with van der Waals surface area (Å²) in [6.45, 7) is 2.47. The van der Waals surface area contributed by atoms with Crippen molar-refractivity contribution in [2.24, 2.45) is 5.92 Å². The van der Waals surface area contributed by atoms with E-state index in [1.165, 1.54) is 17.7 Å². The molecule has 4 nitrogen and oxygen atoms in total. The predicted molar refractivity (Wildman–Crippen MR) is 101 cm³/mol. The predicted octanol–water partition coefficient (Wildman–Crippen LogP) is 4.16. The second kappa shape index (κ2) is 8.13. The molecule has 1 N–H and O–H groups in total. The summed E-state index contributed by atoms with van der Waals surface area (Å²) in [5.41, 5.74) is 2.19. The molecule has 2 aromatic rings. The highest BCUT2D eigenvalue weighted by Crippen LogP contribution is 2.27. The number of aryl methyl sites for hydroxylation is 1. The van der Waals surface area contributed by atoms with Crippen LogP contribution in [0.4, 0.5) is 15.8 Å². The molecule has 1 aliphatic heterocycles. The minimum Gasteiger partial charge on any atom is -0.323 e. The van der Waals surface area contributed by atoms with Gasteiger partial charge in [0, 0.05) is 18.7 Å². The van der Waals surface area contributed by atoms with Crippen LogP contribution in [0.5, 0.6) is 0 Å². The van der Waals surface area contributed by atoms with Crippen molar-refractivity contribution in [3.63, 3.8) is 0 Å². The largest absolute Gasteiger partial charge is 0.323 e. The van der Waals surface area contributed by atoms with E-state index in [2.05, 4.69) is 12.2 Å². The minimum absolute atomic E-state index is 0.0833. The van der Waals surface area contributed by atoms with Gasteiger partial charge in [0.25, 0.3) is 0 Å². The molecular weight excluding hydrogens is 331 g/mol. The van der Waals surface area contributed by atoms with Crippen molar-refractivity contribution < 1.29 is 14.0 Å². The summed E-state index contributed by atoms with van der Waals surface area (Å²) < 4.78 is 13.7. The van der Waals surface area contributed by atoms with Crippen LogP contribution in [0.3, 0.4) is 0 Å². The zero-order valence-electron chi connectivity index (χ0n) is 14.9. The Bertz CT molecular complexity index is 789. The van der Waals surface area contributed by atoms with Gasteiger partial charge in [-0.2, -0.15) is 0 Å². The molecule has 0 saturated carbocycles. The van der Waals surface area contributed by atoms with E-state index in [0.29, 0.717) is 6.54 Å². The first-order valence-corrected chi connectivity index (χ1v) is 9.03. The van der Waals surface area contributed by atoms with Gasteiger partial charge in [0.15, 0.2) is 0 Å². The quantitative estimate of drug-likeness (QED) is 0.847. The Hall–Kier alpha value is -2.69. The number of hydrogen-bond acceptors (Lipinski definition) is 2. The molecule has 0 aliphatic carbocycles. The molecule has 2 aromatic carbocycles. The zero-order chi connectivity index (χ0) is 18.5. The van der Waals surface area contributed by atoms with E-state index in [1.807, 2.05) is 24.3 Å². The summed E-state index contributed by atoms with van der Waals surface area (Å²) >= 11 is 0. The van der Waals surface area contributed by atoms with Crippen molar-refractivity contribution in [2.75, 3.05) is 16.8 Å². The van der Waals surface area contributed by atoms with Crippen molar-refractivity contribution in [3.05, 3.63) is 59.9 Å². The maximum Gasteiger partial charge on any atom is 0.229 e. The number of anilines is 2. The van der Waals surface area contributed by atoms with Crippen molar-refractivity contribution in [1.82, 2.24) is 0 Å². The van der Waals surface area contributed by atoms with Crippen LogP contribution in [0.1, 0.15) is 31.7 Å². The van der Waals surface area contributed by atoms with Gasteiger partial charge in [-0.1, -0.05) is 37.6 Å². The van der Waals surface area contributed by atoms with Gasteiger partial charge in [0.1, 0.15) is 5.82 Å². The van der Waals surface area contributed by atoms with Crippen LogP contribution < -0.4 is 10.2 Å². The van der Waals surface area contributed by atoms with E-state index in [0.717, 1.165) is 24.9 Å². The Labute approximate surface area is 153 Å². The normalized spacial score (nSPS) is 16.8.